The van der Waals surface area contributed by atoms with Crippen LogP contribution in [-0.4, -0.2) is 57.2 Å². The van der Waals surface area contributed by atoms with Crippen molar-refractivity contribution in [2.24, 2.45) is 16.8 Å². The van der Waals surface area contributed by atoms with Gasteiger partial charge in [0.2, 0.25) is 5.82 Å². The number of rotatable bonds is 8. The molecular formula is C29H36ClN7O3. The van der Waals surface area contributed by atoms with E-state index in [9.17, 15) is 4.79 Å². The van der Waals surface area contributed by atoms with Crippen LogP contribution in [0.2, 0.25) is 0 Å². The minimum absolute atomic E-state index is 0.0514. The average Bonchev–Trinajstić information content (AvgIpc) is 3.57. The third kappa shape index (κ3) is 5.40. The van der Waals surface area contributed by atoms with Crippen LogP contribution in [-0.2, 0) is 4.74 Å². The first-order chi connectivity index (χ1) is 19.5. The van der Waals surface area contributed by atoms with E-state index in [0.29, 0.717) is 17.7 Å². The minimum Gasteiger partial charge on any atom is -0.372 e. The van der Waals surface area contributed by atoms with E-state index in [0.717, 1.165) is 74.2 Å². The fraction of sp³-hybridized carbons (Fsp3) is 0.517. The highest BCUT2D eigenvalue weighted by molar-refractivity contribution is 6.20. The van der Waals surface area contributed by atoms with Gasteiger partial charge in [-0.2, -0.15) is 0 Å². The van der Waals surface area contributed by atoms with Crippen molar-refractivity contribution in [3.05, 3.63) is 82.2 Å². The molecule has 4 unspecified atom stereocenters. The van der Waals surface area contributed by atoms with Gasteiger partial charge in [-0.3, -0.25) is 19.8 Å². The molecule has 10 nitrogen and oxygen atoms in total. The number of methoxy groups -OCH3 is 1. The van der Waals surface area contributed by atoms with Crippen LogP contribution in [0.3, 0.4) is 0 Å². The lowest BCUT2D eigenvalue weighted by molar-refractivity contribution is 0.0177. The molecule has 4 heterocycles. The molecule has 3 N–H and O–H groups in total. The van der Waals surface area contributed by atoms with Crippen LogP contribution < -0.4 is 16.4 Å². The number of pyridine rings is 1. The molecule has 6 rings (SSSR count). The van der Waals surface area contributed by atoms with Crippen LogP contribution in [0, 0.1) is 11.8 Å². The molecule has 11 heteroatoms. The Morgan fingerprint density at radius 1 is 1.27 bits per heavy atom. The Labute approximate surface area is 238 Å². The number of halogens is 1. The second-order valence-corrected chi connectivity index (χ2v) is 11.6. The summed E-state index contributed by atoms with van der Waals surface area (Å²) in [5.74, 6) is 1.18. The van der Waals surface area contributed by atoms with Crippen LogP contribution in [0.5, 0.6) is 0 Å². The van der Waals surface area contributed by atoms with E-state index < -0.39 is 5.76 Å². The van der Waals surface area contributed by atoms with Gasteiger partial charge in [0.25, 0.3) is 0 Å². The maximum atomic E-state index is 11.8. The van der Waals surface area contributed by atoms with E-state index in [4.69, 9.17) is 25.9 Å². The van der Waals surface area contributed by atoms with E-state index in [-0.39, 0.29) is 29.6 Å². The maximum absolute atomic E-state index is 11.8. The maximum Gasteiger partial charge on any atom is 0.439 e. The molecule has 1 saturated heterocycles. The minimum atomic E-state index is -0.628. The van der Waals surface area contributed by atoms with Gasteiger partial charge in [-0.15, -0.1) is 18.2 Å². The van der Waals surface area contributed by atoms with Crippen LogP contribution >= 0.6 is 11.6 Å². The number of allylic oxidation sites excluding steroid dienone is 3. The molecule has 2 aromatic heterocycles. The summed E-state index contributed by atoms with van der Waals surface area (Å²) < 4.78 is 10.9. The van der Waals surface area contributed by atoms with Crippen molar-refractivity contribution in [3.8, 4) is 0 Å². The zero-order chi connectivity index (χ0) is 27.6. The summed E-state index contributed by atoms with van der Waals surface area (Å²) in [6, 6.07) is 5.88. The van der Waals surface area contributed by atoms with Crippen molar-refractivity contribution >= 4 is 17.4 Å². The number of aliphatic imine (C=N–C) groups is 1. The first-order valence-electron chi connectivity index (χ1n) is 14.1. The lowest BCUT2D eigenvalue weighted by Gasteiger charge is -2.38. The fourth-order valence-electron chi connectivity index (χ4n) is 6.43. The van der Waals surface area contributed by atoms with E-state index in [2.05, 4.69) is 49.4 Å². The van der Waals surface area contributed by atoms with E-state index >= 15 is 0 Å². The molecule has 0 aromatic carbocycles. The Morgan fingerprint density at radius 3 is 2.80 bits per heavy atom. The molecule has 0 bridgehead atoms. The van der Waals surface area contributed by atoms with Gasteiger partial charge in [0.05, 0.1) is 17.1 Å². The van der Waals surface area contributed by atoms with Gasteiger partial charge in [-0.25, -0.2) is 9.79 Å². The molecule has 2 aromatic rings. The molecule has 2 fully saturated rings. The van der Waals surface area contributed by atoms with Crippen molar-refractivity contribution in [2.45, 2.75) is 68.8 Å². The SMILES string of the molecule is C=CC1CCC(CN2C3=C(C4=CCCC(Cl)C4)NC(c4noc(=O)[nH]4)=NC3NC2C(OC)c2ccccn2)CC1. The number of H-pyrrole nitrogens is 1. The summed E-state index contributed by atoms with van der Waals surface area (Å²) >= 11 is 6.67. The van der Waals surface area contributed by atoms with Crippen LogP contribution in [0.1, 0.15) is 62.6 Å². The highest BCUT2D eigenvalue weighted by atomic mass is 35.5. The predicted octanol–water partition coefficient (Wildman–Crippen LogP) is 3.97. The number of ether oxygens (including phenoxy) is 1. The Balaban J connectivity index is 1.43. The summed E-state index contributed by atoms with van der Waals surface area (Å²) in [4.78, 5) is 26.5. The molecule has 212 valence electrons. The predicted molar refractivity (Wildman–Crippen MR) is 152 cm³/mol. The van der Waals surface area contributed by atoms with Crippen molar-refractivity contribution in [3.63, 3.8) is 0 Å². The molecular weight excluding hydrogens is 530 g/mol. The quantitative estimate of drug-likeness (QED) is 0.325. The van der Waals surface area contributed by atoms with Gasteiger partial charge in [0, 0.05) is 25.2 Å². The number of nitrogens with zero attached hydrogens (tertiary/aromatic N) is 4. The third-order valence-electron chi connectivity index (χ3n) is 8.49. The van der Waals surface area contributed by atoms with Crippen molar-refractivity contribution < 1.29 is 9.26 Å². The number of amidine groups is 1. The smallest absolute Gasteiger partial charge is 0.372 e. The van der Waals surface area contributed by atoms with Gasteiger partial charge >= 0.3 is 5.76 Å². The normalized spacial score (nSPS) is 29.4. The highest BCUT2D eigenvalue weighted by Crippen LogP contribution is 2.40. The summed E-state index contributed by atoms with van der Waals surface area (Å²) in [5.41, 5.74) is 3.99. The number of hydrogen-bond donors (Lipinski definition) is 3. The monoisotopic (exact) mass is 565 g/mol. The Bertz CT molecular complexity index is 1360. The molecule has 4 atom stereocenters. The molecule has 2 aliphatic carbocycles. The summed E-state index contributed by atoms with van der Waals surface area (Å²) in [7, 11) is 1.72. The lowest BCUT2D eigenvalue weighted by Crippen LogP contribution is -2.44. The number of alkyl halides is 1. The number of hydrogen-bond acceptors (Lipinski definition) is 9. The van der Waals surface area contributed by atoms with Gasteiger partial charge < -0.3 is 15.0 Å². The van der Waals surface area contributed by atoms with Crippen LogP contribution in [0.4, 0.5) is 0 Å². The van der Waals surface area contributed by atoms with Gasteiger partial charge in [-0.1, -0.05) is 23.4 Å². The molecule has 0 radical (unpaired) electrons. The number of aromatic nitrogens is 3. The molecule has 0 amide bonds. The summed E-state index contributed by atoms with van der Waals surface area (Å²) in [6.07, 6.45) is 12.4. The van der Waals surface area contributed by atoms with E-state index in [1.54, 1.807) is 13.3 Å². The number of aromatic amines is 1. The lowest BCUT2D eigenvalue weighted by atomic mass is 9.81. The summed E-state index contributed by atoms with van der Waals surface area (Å²) in [6.45, 7) is 4.88. The van der Waals surface area contributed by atoms with Gasteiger partial charge in [0.15, 0.2) is 5.84 Å². The number of fused-ring (bicyclic) bond motifs is 1. The van der Waals surface area contributed by atoms with E-state index in [1.165, 1.54) is 0 Å². The molecule has 0 spiro atoms. The molecule has 1 saturated carbocycles. The van der Waals surface area contributed by atoms with Crippen LogP contribution in [0.25, 0.3) is 0 Å². The topological polar surface area (TPSA) is 121 Å². The second kappa shape index (κ2) is 11.7. The first-order valence-corrected chi connectivity index (χ1v) is 14.6. The van der Waals surface area contributed by atoms with Crippen LogP contribution in [0.15, 0.2) is 74.4 Å². The fourth-order valence-corrected chi connectivity index (χ4v) is 6.72. The molecule has 40 heavy (non-hydrogen) atoms. The van der Waals surface area contributed by atoms with Crippen molar-refractivity contribution in [1.29, 1.82) is 0 Å². The second-order valence-electron chi connectivity index (χ2n) is 11.0. The zero-order valence-corrected chi connectivity index (χ0v) is 23.4. The van der Waals surface area contributed by atoms with Crippen molar-refractivity contribution in [2.75, 3.05) is 13.7 Å². The molecule has 2 aliphatic heterocycles. The number of nitrogens with one attached hydrogen (secondary N) is 3. The largest absolute Gasteiger partial charge is 0.439 e. The van der Waals surface area contributed by atoms with Crippen molar-refractivity contribution in [1.82, 2.24) is 30.7 Å². The van der Waals surface area contributed by atoms with Gasteiger partial charge in [0.1, 0.15) is 18.4 Å². The third-order valence-corrected chi connectivity index (χ3v) is 8.86. The Kier molecular flexibility index (Phi) is 7.91. The summed E-state index contributed by atoms with van der Waals surface area (Å²) in [5, 5.41) is 11.2. The molecule has 4 aliphatic rings. The standard InChI is InChI=1S/C29H36ClN7O3/c1-3-17-10-12-18(13-11-17)16-37-23-22(19-7-6-8-20(30)15-19)32-26(27-35-29(38)40-36-27)33-25(23)34-28(37)24(39-2)21-9-4-5-14-31-21/h3-5,7,9,14,17-18,20,24-25,28,34H,1,6,8,10-13,15-16H2,2H3,(H,32,33)(H,35,36,38). The van der Waals surface area contributed by atoms with Gasteiger partial charge in [-0.05, 0) is 74.5 Å². The Morgan fingerprint density at radius 2 is 2.12 bits per heavy atom. The Hall–Kier alpha value is -3.21. The average molecular weight is 566 g/mol. The van der Waals surface area contributed by atoms with E-state index in [1.807, 2.05) is 18.2 Å². The first kappa shape index (κ1) is 27.0. The highest BCUT2D eigenvalue weighted by Gasteiger charge is 2.46. The zero-order valence-electron chi connectivity index (χ0n) is 22.7.